The van der Waals surface area contributed by atoms with Crippen LogP contribution in [0.3, 0.4) is 0 Å². The molecule has 0 aliphatic rings. The topological polar surface area (TPSA) is 115 Å². The maximum Gasteiger partial charge on any atom is 0.416 e. The molecule has 0 spiro atoms. The van der Waals surface area contributed by atoms with Crippen LogP contribution in [0.5, 0.6) is 11.6 Å². The number of amides is 1. The SMILES string of the molecule is CC(=O)Nc1ccc(Oc2ncnc3cc(CO)n(C)c23)cc1Cl.C\C=C(/C=C\C=C\N)C(F)(F)F. The smallest absolute Gasteiger partial charge is 0.416 e. The van der Waals surface area contributed by atoms with Gasteiger partial charge in [0.05, 0.1) is 28.4 Å². The predicted molar refractivity (Wildman–Crippen MR) is 133 cm³/mol. The van der Waals surface area contributed by atoms with Crippen molar-refractivity contribution >= 4 is 34.2 Å². The number of nitrogens with two attached hydrogens (primary N) is 1. The van der Waals surface area contributed by atoms with E-state index in [1.54, 1.807) is 35.9 Å². The van der Waals surface area contributed by atoms with E-state index in [1.807, 2.05) is 0 Å². The fourth-order valence-electron chi connectivity index (χ4n) is 2.96. The van der Waals surface area contributed by atoms with E-state index in [-0.39, 0.29) is 12.5 Å². The van der Waals surface area contributed by atoms with Gasteiger partial charge in [0.1, 0.15) is 17.6 Å². The molecule has 8 nitrogen and oxygen atoms in total. The van der Waals surface area contributed by atoms with Crippen molar-refractivity contribution in [2.45, 2.75) is 26.6 Å². The Morgan fingerprint density at radius 1 is 1.28 bits per heavy atom. The van der Waals surface area contributed by atoms with E-state index in [9.17, 15) is 23.1 Å². The summed E-state index contributed by atoms with van der Waals surface area (Å²) in [5.41, 5.74) is 6.80. The average Bonchev–Trinajstić information content (AvgIpc) is 3.14. The van der Waals surface area contributed by atoms with Crippen molar-refractivity contribution in [1.82, 2.24) is 14.5 Å². The summed E-state index contributed by atoms with van der Waals surface area (Å²) in [5.74, 6) is 0.620. The molecule has 0 atom stereocenters. The molecule has 36 heavy (non-hydrogen) atoms. The number of aliphatic hydroxyl groups excluding tert-OH is 1. The highest BCUT2D eigenvalue weighted by Gasteiger charge is 2.30. The molecule has 0 saturated carbocycles. The zero-order valence-corrected chi connectivity index (χ0v) is 20.4. The number of rotatable bonds is 6. The molecule has 0 radical (unpaired) electrons. The molecule has 0 aliphatic heterocycles. The molecule has 2 heterocycles. The average molecular weight is 524 g/mol. The number of alkyl halides is 3. The highest BCUT2D eigenvalue weighted by atomic mass is 35.5. The van der Waals surface area contributed by atoms with Gasteiger partial charge in [-0.1, -0.05) is 29.8 Å². The number of anilines is 1. The van der Waals surface area contributed by atoms with Crippen LogP contribution < -0.4 is 15.8 Å². The molecule has 0 fully saturated rings. The van der Waals surface area contributed by atoms with E-state index in [0.29, 0.717) is 39.1 Å². The molecule has 2 aromatic heterocycles. The first kappa shape index (κ1) is 28.4. The van der Waals surface area contributed by atoms with Crippen molar-refractivity contribution < 1.29 is 27.8 Å². The molecule has 192 valence electrons. The second kappa shape index (κ2) is 12.8. The summed E-state index contributed by atoms with van der Waals surface area (Å²) in [7, 11) is 1.80. The van der Waals surface area contributed by atoms with Gasteiger partial charge in [0.2, 0.25) is 11.8 Å². The first-order chi connectivity index (χ1) is 17.0. The quantitative estimate of drug-likeness (QED) is 0.373. The van der Waals surface area contributed by atoms with Gasteiger partial charge >= 0.3 is 6.18 Å². The number of aryl methyl sites for hydroxylation is 1. The van der Waals surface area contributed by atoms with Gasteiger partial charge in [-0.05, 0) is 37.4 Å². The fourth-order valence-corrected chi connectivity index (χ4v) is 3.18. The summed E-state index contributed by atoms with van der Waals surface area (Å²) in [6, 6.07) is 6.70. The Labute approximate surface area is 210 Å². The van der Waals surface area contributed by atoms with E-state index in [2.05, 4.69) is 15.3 Å². The molecule has 1 amide bonds. The first-order valence-corrected chi connectivity index (χ1v) is 10.8. The van der Waals surface area contributed by atoms with Crippen molar-refractivity contribution in [2.24, 2.45) is 12.8 Å². The number of ether oxygens (including phenoxy) is 1. The summed E-state index contributed by atoms with van der Waals surface area (Å²) < 4.78 is 43.5. The number of halogens is 4. The molecule has 0 saturated heterocycles. The standard InChI is InChI=1S/C16H15ClN4O3.C8H10F3N/c1-9(23)20-13-4-3-11(6-12(13)17)24-16-15-14(18-8-19-16)5-10(7-22)21(15)2;1-2-7(8(9,10)11)5-3-4-6-12/h3-6,8,22H,7H2,1-2H3,(H,20,23);2-6H,12H2,1H3/b;5-3-,6-4+,7-2+. The maximum absolute atomic E-state index is 12.0. The van der Waals surface area contributed by atoms with Gasteiger partial charge in [-0.15, -0.1) is 0 Å². The van der Waals surface area contributed by atoms with E-state index < -0.39 is 11.7 Å². The predicted octanol–water partition coefficient (Wildman–Crippen LogP) is 5.39. The van der Waals surface area contributed by atoms with Crippen LogP contribution in [0.2, 0.25) is 5.02 Å². The molecule has 3 aromatic rings. The molecule has 0 bridgehead atoms. The highest BCUT2D eigenvalue weighted by Crippen LogP contribution is 2.32. The number of nitrogens with zero attached hydrogens (tertiary/aromatic N) is 3. The Kier molecular flexibility index (Phi) is 10.1. The van der Waals surface area contributed by atoms with Gasteiger partial charge in [-0.3, -0.25) is 4.79 Å². The number of hydrogen-bond donors (Lipinski definition) is 3. The summed E-state index contributed by atoms with van der Waals surface area (Å²) >= 11 is 6.15. The first-order valence-electron chi connectivity index (χ1n) is 10.4. The minimum Gasteiger partial charge on any atom is -0.437 e. The van der Waals surface area contributed by atoms with Crippen LogP contribution in [-0.2, 0) is 18.4 Å². The van der Waals surface area contributed by atoms with E-state index in [4.69, 9.17) is 22.1 Å². The number of aromatic nitrogens is 3. The normalized spacial score (nSPS) is 12.2. The number of fused-ring (bicyclic) bond motifs is 1. The summed E-state index contributed by atoms with van der Waals surface area (Å²) in [6.07, 6.45) is 2.81. The Hall–Kier alpha value is -3.83. The lowest BCUT2D eigenvalue weighted by atomic mass is 10.2. The van der Waals surface area contributed by atoms with Gasteiger partial charge in [-0.2, -0.15) is 18.2 Å². The van der Waals surface area contributed by atoms with E-state index >= 15 is 0 Å². The van der Waals surface area contributed by atoms with Crippen molar-refractivity contribution in [1.29, 1.82) is 0 Å². The van der Waals surface area contributed by atoms with Gasteiger partial charge in [0.15, 0.2) is 0 Å². The molecule has 0 aliphatic carbocycles. The maximum atomic E-state index is 12.0. The number of carbonyl (C=O) groups is 1. The number of nitrogens with one attached hydrogen (secondary N) is 1. The fraction of sp³-hybridized carbons (Fsp3) is 0.208. The Morgan fingerprint density at radius 3 is 2.56 bits per heavy atom. The molecular formula is C24H25ClF3N5O3. The number of allylic oxidation sites excluding steroid dienone is 5. The Morgan fingerprint density at radius 2 is 2.00 bits per heavy atom. The van der Waals surface area contributed by atoms with Gasteiger partial charge < -0.3 is 25.5 Å². The minimum atomic E-state index is -4.28. The Balaban J connectivity index is 0.000000324. The molecule has 4 N–H and O–H groups in total. The number of hydrogen-bond acceptors (Lipinski definition) is 6. The zero-order valence-electron chi connectivity index (χ0n) is 19.7. The molecular weight excluding hydrogens is 499 g/mol. The molecule has 1 aromatic carbocycles. The molecule has 0 unspecified atom stereocenters. The van der Waals surface area contributed by atoms with Gasteiger partial charge in [0, 0.05) is 25.7 Å². The Bertz CT molecular complexity index is 1300. The number of benzene rings is 1. The second-order valence-electron chi connectivity index (χ2n) is 7.18. The van der Waals surface area contributed by atoms with Crippen LogP contribution in [0, 0.1) is 0 Å². The van der Waals surface area contributed by atoms with E-state index in [1.165, 1.54) is 38.5 Å². The van der Waals surface area contributed by atoms with E-state index in [0.717, 1.165) is 12.2 Å². The zero-order chi connectivity index (χ0) is 26.9. The second-order valence-corrected chi connectivity index (χ2v) is 7.58. The van der Waals surface area contributed by atoms with Crippen molar-refractivity contribution in [3.8, 4) is 11.6 Å². The van der Waals surface area contributed by atoms with Crippen molar-refractivity contribution in [3.05, 3.63) is 77.4 Å². The number of carbonyl (C=O) groups excluding carboxylic acids is 1. The summed E-state index contributed by atoms with van der Waals surface area (Å²) in [5, 5.41) is 12.4. The third-order valence-corrected chi connectivity index (χ3v) is 4.96. The minimum absolute atomic E-state index is 0.108. The van der Waals surface area contributed by atoms with Crippen LogP contribution >= 0.6 is 11.6 Å². The lowest BCUT2D eigenvalue weighted by Gasteiger charge is -2.10. The highest BCUT2D eigenvalue weighted by molar-refractivity contribution is 6.33. The largest absolute Gasteiger partial charge is 0.437 e. The summed E-state index contributed by atoms with van der Waals surface area (Å²) in [4.78, 5) is 19.5. The van der Waals surface area contributed by atoms with Crippen LogP contribution in [-0.4, -0.2) is 31.7 Å². The summed E-state index contributed by atoms with van der Waals surface area (Å²) in [6.45, 7) is 2.63. The van der Waals surface area contributed by atoms with Gasteiger partial charge in [-0.25, -0.2) is 4.98 Å². The lowest BCUT2D eigenvalue weighted by Crippen LogP contribution is -2.09. The lowest BCUT2D eigenvalue weighted by molar-refractivity contribution is -0.114. The monoisotopic (exact) mass is 523 g/mol. The van der Waals surface area contributed by atoms with Crippen molar-refractivity contribution in [2.75, 3.05) is 5.32 Å². The van der Waals surface area contributed by atoms with Gasteiger partial charge in [0.25, 0.3) is 0 Å². The van der Waals surface area contributed by atoms with Crippen LogP contribution in [0.25, 0.3) is 11.0 Å². The van der Waals surface area contributed by atoms with Crippen LogP contribution in [0.1, 0.15) is 19.5 Å². The third-order valence-electron chi connectivity index (χ3n) is 4.65. The molecule has 3 rings (SSSR count). The number of aliphatic hydroxyl groups is 1. The third kappa shape index (κ3) is 7.59. The molecule has 12 heteroatoms. The van der Waals surface area contributed by atoms with Crippen LogP contribution in [0.15, 0.2) is 66.7 Å². The van der Waals surface area contributed by atoms with Crippen LogP contribution in [0.4, 0.5) is 18.9 Å². The van der Waals surface area contributed by atoms with Crippen molar-refractivity contribution in [3.63, 3.8) is 0 Å².